The summed E-state index contributed by atoms with van der Waals surface area (Å²) in [5.41, 5.74) is 1.09. The van der Waals surface area contributed by atoms with Gasteiger partial charge in [-0.05, 0) is 0 Å². The van der Waals surface area contributed by atoms with Crippen LogP contribution in [0.4, 0.5) is 0 Å². The van der Waals surface area contributed by atoms with Gasteiger partial charge in [0.15, 0.2) is 0 Å². The van der Waals surface area contributed by atoms with Crippen LogP contribution in [0.25, 0.3) is 0 Å². The molecule has 0 radical (unpaired) electrons. The topological polar surface area (TPSA) is 0 Å². The fraction of sp³-hybridized carbons (Fsp3) is 0. The monoisotopic (exact) mass is 132 g/mol. The molecule has 3 heteroatoms. The van der Waals surface area contributed by atoms with E-state index in [2.05, 4.69) is 0 Å². The summed E-state index contributed by atoms with van der Waals surface area (Å²) in [5, 5.41) is 0. The highest BCUT2D eigenvalue weighted by atomic mass is 35.5. The molecule has 0 aliphatic heterocycles. The van der Waals surface area contributed by atoms with Crippen LogP contribution < -0.4 is 0 Å². The third-order valence-electron chi connectivity index (χ3n) is 0.0825. The Morgan fingerprint density at radius 2 is 1.60 bits per heavy atom. The van der Waals surface area contributed by atoms with Gasteiger partial charge in [-0.2, -0.15) is 0 Å². The Labute approximate surface area is 45.3 Å². The van der Waals surface area contributed by atoms with Crippen molar-refractivity contribution >= 4 is 34.8 Å². The fourth-order valence-corrected chi connectivity index (χ4v) is 0. The summed E-state index contributed by atoms with van der Waals surface area (Å²) in [7, 11) is 0. The van der Waals surface area contributed by atoms with Gasteiger partial charge in [-0.25, -0.2) is 0 Å². The predicted molar refractivity (Wildman–Crippen MR) is 25.6 cm³/mol. The Morgan fingerprint density at radius 3 is 1.60 bits per heavy atom. The highest BCUT2D eigenvalue weighted by molar-refractivity contribution is 6.58. The maximum atomic E-state index is 4.96. The highest BCUT2D eigenvalue weighted by Gasteiger charge is 1.70. The van der Waals surface area contributed by atoms with Gasteiger partial charge in [-0.15, -0.1) is 0 Å². The van der Waals surface area contributed by atoms with E-state index in [0.29, 0.717) is 0 Å². The molecule has 5 heavy (non-hydrogen) atoms. The van der Waals surface area contributed by atoms with Crippen LogP contribution in [0, 0.1) is 0 Å². The minimum absolute atomic E-state index is 0.0895. The van der Waals surface area contributed by atoms with Crippen LogP contribution in [0.2, 0.25) is 0 Å². The van der Waals surface area contributed by atoms with Gasteiger partial charge >= 0.3 is 0 Å². The number of hydrogen-bond donors (Lipinski definition) is 0. The minimum Gasteiger partial charge on any atom is -0.0904 e. The van der Waals surface area contributed by atoms with Crippen molar-refractivity contribution in [3.8, 4) is 0 Å². The Morgan fingerprint density at radius 1 is 1.40 bits per heavy atom. The first-order valence-corrected chi connectivity index (χ1v) is 2.08. The van der Waals surface area contributed by atoms with Gasteiger partial charge < -0.3 is 0 Å². The summed E-state index contributed by atoms with van der Waals surface area (Å²) in [5.74, 6) is 0. The molecule has 0 heterocycles. The van der Waals surface area contributed by atoms with E-state index < -0.39 is 0 Å². The zero-order chi connectivity index (χ0) is 4.28. The van der Waals surface area contributed by atoms with Crippen LogP contribution in [0.3, 0.4) is 0 Å². The Hall–Kier alpha value is 0.610. The molecule has 30 valence electrons. The SMILES string of the molecule is Cl[13CH]=[13C](Cl)Cl. The number of rotatable bonds is 0. The first kappa shape index (κ1) is 5.61. The summed E-state index contributed by atoms with van der Waals surface area (Å²) in [6, 6.07) is 0. The summed E-state index contributed by atoms with van der Waals surface area (Å²) in [6.07, 6.45) is 0. The quantitative estimate of drug-likeness (QED) is 0.445. The average Bonchev–Trinajstić information content (AvgIpc) is 1.38. The summed E-state index contributed by atoms with van der Waals surface area (Å²) in [6.45, 7) is 0. The van der Waals surface area contributed by atoms with Crippen LogP contribution in [-0.4, -0.2) is 0 Å². The van der Waals surface area contributed by atoms with Crippen LogP contribution in [0.15, 0.2) is 10.0 Å². The molecule has 0 rings (SSSR count). The van der Waals surface area contributed by atoms with Crippen LogP contribution in [0.1, 0.15) is 0 Å². The molecule has 0 aromatic heterocycles. The summed E-state index contributed by atoms with van der Waals surface area (Å²) < 4.78 is 0.0895. The van der Waals surface area contributed by atoms with Crippen LogP contribution in [0.5, 0.6) is 0 Å². The summed E-state index contributed by atoms with van der Waals surface area (Å²) >= 11 is 14.8. The molecular formula is C2HCl3. The van der Waals surface area contributed by atoms with Gasteiger partial charge in [0, 0.05) is 5.54 Å². The molecule has 0 bridgehead atoms. The lowest BCUT2D eigenvalue weighted by Crippen LogP contribution is -1.33. The van der Waals surface area contributed by atoms with E-state index in [1.165, 1.54) is 0 Å². The lowest BCUT2D eigenvalue weighted by molar-refractivity contribution is 2.36. The molecule has 0 spiro atoms. The molecule has 0 N–H and O–H groups in total. The maximum absolute atomic E-state index is 4.96. The van der Waals surface area contributed by atoms with Gasteiger partial charge in [0.25, 0.3) is 0 Å². The van der Waals surface area contributed by atoms with Crippen molar-refractivity contribution in [2.24, 2.45) is 0 Å². The smallest absolute Gasteiger partial charge is 0.0904 e. The molecule has 0 saturated carbocycles. The van der Waals surface area contributed by atoms with Crippen LogP contribution >= 0.6 is 34.8 Å². The van der Waals surface area contributed by atoms with E-state index >= 15 is 0 Å². The Kier molecular flexibility index (Phi) is 3.17. The lowest BCUT2D eigenvalue weighted by Gasteiger charge is -1.64. The molecule has 0 fully saturated rings. The highest BCUT2D eigenvalue weighted by Crippen LogP contribution is 2.05. The lowest BCUT2D eigenvalue weighted by atomic mass is 12.2. The molecule has 0 unspecified atom stereocenters. The van der Waals surface area contributed by atoms with Crippen molar-refractivity contribution in [1.82, 2.24) is 0 Å². The number of halogens is 3. The third-order valence-corrected chi connectivity index (χ3v) is 0.742. The predicted octanol–water partition coefficient (Wildman–Crippen LogP) is 2.50. The van der Waals surface area contributed by atoms with Crippen molar-refractivity contribution in [3.05, 3.63) is 10.0 Å². The molecular weight excluding hydrogens is 132 g/mol. The van der Waals surface area contributed by atoms with Crippen molar-refractivity contribution in [2.45, 2.75) is 0 Å². The minimum atomic E-state index is 0.0895. The molecule has 0 aliphatic carbocycles. The molecule has 0 nitrogen and oxygen atoms in total. The second-order valence-corrected chi connectivity index (χ2v) is 1.62. The van der Waals surface area contributed by atoms with Gasteiger partial charge in [0.1, 0.15) is 4.49 Å². The normalized spacial score (nSPS) is 7.00. The van der Waals surface area contributed by atoms with Crippen molar-refractivity contribution in [2.75, 3.05) is 0 Å². The fourth-order valence-electron chi connectivity index (χ4n) is 0. The second-order valence-electron chi connectivity index (χ2n) is 0.399. The van der Waals surface area contributed by atoms with Crippen molar-refractivity contribution < 1.29 is 0 Å². The van der Waals surface area contributed by atoms with E-state index in [4.69, 9.17) is 34.8 Å². The molecule has 0 aromatic carbocycles. The molecule has 0 aromatic rings. The van der Waals surface area contributed by atoms with E-state index in [1.54, 1.807) is 0 Å². The van der Waals surface area contributed by atoms with E-state index in [9.17, 15) is 0 Å². The van der Waals surface area contributed by atoms with E-state index in [0.717, 1.165) is 5.54 Å². The summed E-state index contributed by atoms with van der Waals surface area (Å²) in [4.78, 5) is 0. The van der Waals surface area contributed by atoms with E-state index in [-0.39, 0.29) is 4.49 Å². The maximum Gasteiger partial charge on any atom is 0.118 e. The van der Waals surface area contributed by atoms with E-state index in [1.807, 2.05) is 0 Å². The first-order chi connectivity index (χ1) is 2.27. The standard InChI is InChI=1S/C2HCl3/c3-1-2(4)5/h1H/i1+1,2+1. The largest absolute Gasteiger partial charge is 0.118 e. The zero-order valence-electron chi connectivity index (χ0n) is 2.21. The number of hydrogen-bond acceptors (Lipinski definition) is 0. The first-order valence-electron chi connectivity index (χ1n) is 0.885. The molecule has 0 atom stereocenters. The molecule has 0 amide bonds. The van der Waals surface area contributed by atoms with Crippen LogP contribution in [-0.2, 0) is 0 Å². The van der Waals surface area contributed by atoms with Crippen molar-refractivity contribution in [3.63, 3.8) is 0 Å². The average molecular weight is 133 g/mol. The zero-order valence-corrected chi connectivity index (χ0v) is 4.48. The molecule has 0 aliphatic rings. The third kappa shape index (κ3) is 4.61. The Bertz CT molecular complexity index is 42.9. The van der Waals surface area contributed by atoms with Gasteiger partial charge in [-0.3, -0.25) is 0 Å². The van der Waals surface area contributed by atoms with Gasteiger partial charge in [0.05, 0.1) is 0 Å². The van der Waals surface area contributed by atoms with Gasteiger partial charge in [0.2, 0.25) is 0 Å². The molecule has 0 saturated heterocycles. The Balaban J connectivity index is 3.14. The van der Waals surface area contributed by atoms with Crippen molar-refractivity contribution in [1.29, 1.82) is 0 Å². The van der Waals surface area contributed by atoms with Gasteiger partial charge in [-0.1, -0.05) is 34.8 Å². The second kappa shape index (κ2) is 2.83.